The van der Waals surface area contributed by atoms with Gasteiger partial charge in [0.05, 0.1) is 0 Å². The summed E-state index contributed by atoms with van der Waals surface area (Å²) in [5, 5.41) is 11.4. The number of carbonyl (C=O) groups excluding carboxylic acids is 2. The van der Waals surface area contributed by atoms with Crippen LogP contribution in [0.1, 0.15) is 6.42 Å². The maximum atomic E-state index is 11.7. The Morgan fingerprint density at radius 2 is 2.11 bits per heavy atom. The molecule has 1 aliphatic rings. The summed E-state index contributed by atoms with van der Waals surface area (Å²) in [7, 11) is 0. The Morgan fingerprint density at radius 1 is 1.44 bits per heavy atom. The van der Waals surface area contributed by atoms with E-state index < -0.39 is 5.25 Å². The molecule has 0 bridgehead atoms. The van der Waals surface area contributed by atoms with E-state index in [0.717, 1.165) is 11.8 Å². The minimum Gasteiger partial charge on any atom is -0.508 e. The van der Waals surface area contributed by atoms with Crippen LogP contribution < -0.4 is 11.1 Å². The molecule has 18 heavy (non-hydrogen) atoms. The molecule has 0 radical (unpaired) electrons. The first-order chi connectivity index (χ1) is 8.54. The van der Waals surface area contributed by atoms with Crippen molar-refractivity contribution < 1.29 is 14.7 Å². The van der Waals surface area contributed by atoms with Crippen LogP contribution in [0, 0.1) is 0 Å². The molecular weight excluding hydrogens is 254 g/mol. The van der Waals surface area contributed by atoms with E-state index in [9.17, 15) is 9.59 Å². The van der Waals surface area contributed by atoms with E-state index in [0.29, 0.717) is 5.69 Å². The molecule has 0 aromatic heterocycles. The van der Waals surface area contributed by atoms with Crippen LogP contribution in [0.5, 0.6) is 5.75 Å². The largest absolute Gasteiger partial charge is 0.508 e. The number of nitrogens with two attached hydrogens (primary N) is 1. The zero-order valence-corrected chi connectivity index (χ0v) is 10.1. The van der Waals surface area contributed by atoms with Crippen molar-refractivity contribution in [1.82, 2.24) is 0 Å². The van der Waals surface area contributed by atoms with E-state index in [1.807, 2.05) is 0 Å². The highest BCUT2D eigenvalue weighted by atomic mass is 32.2. The Hall–Kier alpha value is -2.02. The maximum absolute atomic E-state index is 11.7. The Labute approximate surface area is 107 Å². The van der Waals surface area contributed by atoms with Gasteiger partial charge in [0.2, 0.25) is 5.91 Å². The summed E-state index contributed by atoms with van der Waals surface area (Å²) in [6, 6.07) is 6.07. The first-order valence-corrected chi connectivity index (χ1v) is 6.06. The van der Waals surface area contributed by atoms with E-state index in [1.165, 1.54) is 12.1 Å². The number of nitrogens with one attached hydrogen (secondary N) is 1. The predicted molar refractivity (Wildman–Crippen MR) is 69.4 cm³/mol. The molecule has 7 heteroatoms. The van der Waals surface area contributed by atoms with Gasteiger partial charge < -0.3 is 16.2 Å². The van der Waals surface area contributed by atoms with Crippen molar-refractivity contribution in [2.75, 3.05) is 5.32 Å². The molecule has 0 spiro atoms. The summed E-state index contributed by atoms with van der Waals surface area (Å²) in [4.78, 5) is 26.5. The van der Waals surface area contributed by atoms with E-state index in [2.05, 4.69) is 10.3 Å². The molecule has 1 aromatic rings. The molecule has 2 rings (SSSR count). The summed E-state index contributed by atoms with van der Waals surface area (Å²) >= 11 is 1.09. The number of thioether (sulfide) groups is 1. The highest BCUT2D eigenvalue weighted by molar-refractivity contribution is 8.15. The van der Waals surface area contributed by atoms with Crippen molar-refractivity contribution in [1.29, 1.82) is 0 Å². The van der Waals surface area contributed by atoms with Crippen LogP contribution in [0.3, 0.4) is 0 Å². The van der Waals surface area contributed by atoms with E-state index >= 15 is 0 Å². The fourth-order valence-electron chi connectivity index (χ4n) is 1.46. The monoisotopic (exact) mass is 265 g/mol. The van der Waals surface area contributed by atoms with Crippen LogP contribution in [-0.2, 0) is 9.59 Å². The van der Waals surface area contributed by atoms with Gasteiger partial charge in [0.25, 0.3) is 5.91 Å². The fraction of sp³-hybridized carbons (Fsp3) is 0.182. The van der Waals surface area contributed by atoms with Gasteiger partial charge >= 0.3 is 0 Å². The van der Waals surface area contributed by atoms with E-state index in [4.69, 9.17) is 10.8 Å². The number of hydrogen-bond donors (Lipinski definition) is 3. The standard InChI is InChI=1S/C11H11N3O3S/c12-11-14-10(17)8(18-11)5-9(16)13-6-1-3-7(15)4-2-6/h1-4,8,15H,5H2,(H,13,16)(H2,12,14,17)/t8-/m0/s1. The van der Waals surface area contributed by atoms with Gasteiger partial charge in [-0.05, 0) is 24.3 Å². The molecule has 94 valence electrons. The quantitative estimate of drug-likeness (QED) is 0.697. The average molecular weight is 265 g/mol. The molecule has 0 unspecified atom stereocenters. The lowest BCUT2D eigenvalue weighted by molar-refractivity contribution is -0.121. The third-order valence-corrected chi connectivity index (χ3v) is 3.27. The summed E-state index contributed by atoms with van der Waals surface area (Å²) in [5.41, 5.74) is 5.95. The number of phenols is 1. The van der Waals surface area contributed by atoms with Crippen LogP contribution in [0.4, 0.5) is 5.69 Å². The number of amides is 2. The summed E-state index contributed by atoms with van der Waals surface area (Å²) in [6.45, 7) is 0. The molecule has 4 N–H and O–H groups in total. The van der Waals surface area contributed by atoms with E-state index in [-0.39, 0.29) is 29.2 Å². The molecule has 2 amide bonds. The number of hydrogen-bond acceptors (Lipinski definition) is 5. The number of benzene rings is 1. The predicted octanol–water partition coefficient (Wildman–Crippen LogP) is 0.677. The second-order valence-corrected chi connectivity index (χ2v) is 4.92. The van der Waals surface area contributed by atoms with Crippen molar-refractivity contribution in [2.24, 2.45) is 10.7 Å². The number of aliphatic imine (C=N–C) groups is 1. The van der Waals surface area contributed by atoms with Gasteiger partial charge in [-0.25, -0.2) is 0 Å². The number of rotatable bonds is 3. The molecule has 0 aliphatic carbocycles. The minimum absolute atomic E-state index is 0.0224. The van der Waals surface area contributed by atoms with E-state index in [1.54, 1.807) is 12.1 Å². The van der Waals surface area contributed by atoms with Crippen molar-refractivity contribution in [3.05, 3.63) is 24.3 Å². The Bertz CT molecular complexity index is 513. The number of aromatic hydroxyl groups is 1. The van der Waals surface area contributed by atoms with Gasteiger partial charge in [-0.2, -0.15) is 4.99 Å². The maximum Gasteiger partial charge on any atom is 0.262 e. The lowest BCUT2D eigenvalue weighted by Gasteiger charge is -2.07. The number of amidine groups is 1. The second kappa shape index (κ2) is 5.09. The van der Waals surface area contributed by atoms with Crippen molar-refractivity contribution in [3.8, 4) is 5.75 Å². The van der Waals surface area contributed by atoms with Gasteiger partial charge in [-0.3, -0.25) is 9.59 Å². The van der Waals surface area contributed by atoms with Crippen LogP contribution in [0.25, 0.3) is 0 Å². The van der Waals surface area contributed by atoms with Gasteiger partial charge in [0, 0.05) is 12.1 Å². The molecule has 1 aliphatic heterocycles. The van der Waals surface area contributed by atoms with Crippen molar-refractivity contribution in [2.45, 2.75) is 11.7 Å². The first kappa shape index (κ1) is 12.4. The Morgan fingerprint density at radius 3 is 2.67 bits per heavy atom. The topological polar surface area (TPSA) is 105 Å². The molecule has 0 saturated heterocycles. The zero-order valence-electron chi connectivity index (χ0n) is 9.29. The summed E-state index contributed by atoms with van der Waals surface area (Å²) in [6.07, 6.45) is 0.0224. The molecule has 1 aromatic carbocycles. The van der Waals surface area contributed by atoms with Gasteiger partial charge in [-0.15, -0.1) is 0 Å². The normalized spacial score (nSPS) is 18.6. The number of nitrogens with zero attached hydrogens (tertiary/aromatic N) is 1. The smallest absolute Gasteiger partial charge is 0.262 e. The molecule has 6 nitrogen and oxygen atoms in total. The van der Waals surface area contributed by atoms with Crippen LogP contribution in [0.2, 0.25) is 0 Å². The van der Waals surface area contributed by atoms with Gasteiger partial charge in [0.1, 0.15) is 11.0 Å². The van der Waals surface area contributed by atoms with Gasteiger partial charge in [0.15, 0.2) is 5.17 Å². The number of phenolic OH excluding ortho intramolecular Hbond substituents is 1. The Kier molecular flexibility index (Phi) is 3.52. The zero-order chi connectivity index (χ0) is 13.1. The summed E-state index contributed by atoms with van der Waals surface area (Å²) < 4.78 is 0. The first-order valence-electron chi connectivity index (χ1n) is 5.18. The van der Waals surface area contributed by atoms with Gasteiger partial charge in [-0.1, -0.05) is 11.8 Å². The third-order valence-electron chi connectivity index (χ3n) is 2.28. The summed E-state index contributed by atoms with van der Waals surface area (Å²) in [5.74, 6) is -0.550. The number of anilines is 1. The molecule has 0 saturated carbocycles. The highest BCUT2D eigenvalue weighted by Gasteiger charge is 2.29. The molecule has 0 fully saturated rings. The lowest BCUT2D eigenvalue weighted by Crippen LogP contribution is -2.21. The average Bonchev–Trinajstić information content (AvgIpc) is 2.61. The van der Waals surface area contributed by atoms with Crippen LogP contribution >= 0.6 is 11.8 Å². The van der Waals surface area contributed by atoms with Crippen LogP contribution in [0.15, 0.2) is 29.3 Å². The Balaban J connectivity index is 1.90. The fourth-order valence-corrected chi connectivity index (χ4v) is 2.28. The third kappa shape index (κ3) is 3.01. The molecular formula is C11H11N3O3S. The number of carbonyl (C=O) groups is 2. The lowest BCUT2D eigenvalue weighted by atomic mass is 10.2. The van der Waals surface area contributed by atoms with Crippen molar-refractivity contribution >= 4 is 34.4 Å². The SMILES string of the molecule is NC1=NC(=O)[C@H](CC(=O)Nc2ccc(O)cc2)S1. The molecule has 1 heterocycles. The highest BCUT2D eigenvalue weighted by Crippen LogP contribution is 2.23. The van der Waals surface area contributed by atoms with Crippen molar-refractivity contribution in [3.63, 3.8) is 0 Å². The second-order valence-electron chi connectivity index (χ2n) is 3.69. The minimum atomic E-state index is -0.540. The molecule has 1 atom stereocenters. The van der Waals surface area contributed by atoms with Crippen LogP contribution in [-0.4, -0.2) is 27.3 Å².